The molecule has 0 radical (unpaired) electrons. The molecule has 5 nitrogen and oxygen atoms in total. The van der Waals surface area contributed by atoms with Crippen LogP contribution in [-0.2, 0) is 15.8 Å². The average Bonchev–Trinajstić information content (AvgIpc) is 2.82. The second-order valence-corrected chi connectivity index (χ2v) is 7.70. The summed E-state index contributed by atoms with van der Waals surface area (Å²) in [4.78, 5) is 10.9. The highest BCUT2D eigenvalue weighted by Crippen LogP contribution is 2.29. The van der Waals surface area contributed by atoms with Crippen LogP contribution in [-0.4, -0.2) is 26.0 Å². The van der Waals surface area contributed by atoms with Crippen molar-refractivity contribution in [3.63, 3.8) is 0 Å². The molecule has 2 N–H and O–H groups in total. The third-order valence-corrected chi connectivity index (χ3v) is 5.25. The Morgan fingerprint density at radius 1 is 1.38 bits per heavy atom. The minimum atomic E-state index is -3.42. The van der Waals surface area contributed by atoms with Crippen LogP contribution < -0.4 is 4.72 Å². The van der Waals surface area contributed by atoms with Gasteiger partial charge < -0.3 is 5.11 Å². The summed E-state index contributed by atoms with van der Waals surface area (Å²) >= 11 is 0. The molecule has 0 aliphatic heterocycles. The van der Waals surface area contributed by atoms with Crippen molar-refractivity contribution >= 4 is 16.0 Å². The van der Waals surface area contributed by atoms with Gasteiger partial charge in [0.15, 0.2) is 0 Å². The molecular weight excluding hydrogens is 290 g/mol. The van der Waals surface area contributed by atoms with E-state index in [2.05, 4.69) is 11.6 Å². The Morgan fingerprint density at radius 3 is 2.76 bits per heavy atom. The molecule has 1 aliphatic carbocycles. The summed E-state index contributed by atoms with van der Waals surface area (Å²) < 4.78 is 26.8. The maximum Gasteiger partial charge on any atom is 0.335 e. The molecule has 1 aromatic rings. The molecule has 0 heterocycles. The Balaban J connectivity index is 1.94. The van der Waals surface area contributed by atoms with Gasteiger partial charge in [-0.1, -0.05) is 25.5 Å². The maximum absolute atomic E-state index is 12.1. The summed E-state index contributed by atoms with van der Waals surface area (Å²) in [5.74, 6) is -0.148. The molecular formula is C15H21NO4S. The van der Waals surface area contributed by atoms with Crippen LogP contribution in [0.5, 0.6) is 0 Å². The highest BCUT2D eigenvalue weighted by atomic mass is 32.2. The van der Waals surface area contributed by atoms with Gasteiger partial charge in [0.05, 0.1) is 11.3 Å². The van der Waals surface area contributed by atoms with E-state index in [1.807, 2.05) is 0 Å². The van der Waals surface area contributed by atoms with E-state index >= 15 is 0 Å². The highest BCUT2D eigenvalue weighted by Gasteiger charge is 2.23. The molecule has 116 valence electrons. The minimum Gasteiger partial charge on any atom is -0.478 e. The Morgan fingerprint density at radius 2 is 2.14 bits per heavy atom. The Kier molecular flexibility index (Phi) is 5.00. The lowest BCUT2D eigenvalue weighted by atomic mass is 10.1. The van der Waals surface area contributed by atoms with E-state index in [-0.39, 0.29) is 11.3 Å². The molecule has 2 rings (SSSR count). The van der Waals surface area contributed by atoms with Crippen molar-refractivity contribution in [3.8, 4) is 0 Å². The van der Waals surface area contributed by atoms with Crippen molar-refractivity contribution in [1.82, 2.24) is 4.72 Å². The van der Waals surface area contributed by atoms with Crippen LogP contribution in [0.25, 0.3) is 0 Å². The molecule has 1 aromatic carbocycles. The van der Waals surface area contributed by atoms with Gasteiger partial charge in [0.1, 0.15) is 0 Å². The molecule has 0 aromatic heterocycles. The second-order valence-electron chi connectivity index (χ2n) is 5.90. The molecule has 0 saturated heterocycles. The van der Waals surface area contributed by atoms with Crippen LogP contribution in [0.15, 0.2) is 24.3 Å². The fraction of sp³-hybridized carbons (Fsp3) is 0.533. The molecule has 0 spiro atoms. The van der Waals surface area contributed by atoms with Gasteiger partial charge in [-0.25, -0.2) is 17.9 Å². The summed E-state index contributed by atoms with van der Waals surface area (Å²) in [7, 11) is -3.42. The Bertz CT molecular complexity index is 612. The van der Waals surface area contributed by atoms with Crippen LogP contribution >= 0.6 is 0 Å². The van der Waals surface area contributed by atoms with Gasteiger partial charge >= 0.3 is 5.97 Å². The molecule has 2 atom stereocenters. The largest absolute Gasteiger partial charge is 0.478 e. The van der Waals surface area contributed by atoms with Crippen LogP contribution in [0.2, 0.25) is 0 Å². The smallest absolute Gasteiger partial charge is 0.335 e. The number of hydrogen-bond donors (Lipinski definition) is 2. The summed E-state index contributed by atoms with van der Waals surface area (Å²) in [5, 5.41) is 8.91. The van der Waals surface area contributed by atoms with Crippen molar-refractivity contribution in [2.24, 2.45) is 11.8 Å². The van der Waals surface area contributed by atoms with Gasteiger partial charge in [0, 0.05) is 6.54 Å². The normalized spacial score (nSPS) is 22.3. The molecule has 21 heavy (non-hydrogen) atoms. The number of hydrogen-bond acceptors (Lipinski definition) is 3. The third kappa shape index (κ3) is 4.82. The van der Waals surface area contributed by atoms with E-state index in [4.69, 9.17) is 5.11 Å². The number of carboxylic acids is 1. The number of benzene rings is 1. The van der Waals surface area contributed by atoms with E-state index in [0.29, 0.717) is 23.9 Å². The van der Waals surface area contributed by atoms with Gasteiger partial charge in [0.2, 0.25) is 10.0 Å². The number of nitrogens with one attached hydrogen (secondary N) is 1. The van der Waals surface area contributed by atoms with E-state index in [1.54, 1.807) is 12.1 Å². The zero-order valence-electron chi connectivity index (χ0n) is 12.1. The lowest BCUT2D eigenvalue weighted by Gasteiger charge is -2.12. The first kappa shape index (κ1) is 16.0. The summed E-state index contributed by atoms with van der Waals surface area (Å²) in [6, 6.07) is 6.04. The molecule has 2 unspecified atom stereocenters. The van der Waals surface area contributed by atoms with Gasteiger partial charge in [0.25, 0.3) is 0 Å². The van der Waals surface area contributed by atoms with Crippen molar-refractivity contribution in [1.29, 1.82) is 0 Å². The van der Waals surface area contributed by atoms with E-state index in [0.717, 1.165) is 19.3 Å². The molecule has 0 amide bonds. The van der Waals surface area contributed by atoms with Gasteiger partial charge in [-0.05, 0) is 42.4 Å². The summed E-state index contributed by atoms with van der Waals surface area (Å²) in [6.07, 6.45) is 3.29. The number of sulfonamides is 1. The highest BCUT2D eigenvalue weighted by molar-refractivity contribution is 7.88. The Hall–Kier alpha value is -1.40. The third-order valence-electron chi connectivity index (χ3n) is 3.93. The standard InChI is InChI=1S/C15H21NO4S/c1-11-5-6-12(7-11)9-16-21(19,20)10-13-3-2-4-14(8-13)15(17)18/h2-4,8,11-12,16H,5-7,9-10H2,1H3,(H,17,18). The molecule has 1 saturated carbocycles. The fourth-order valence-electron chi connectivity index (χ4n) is 2.82. The lowest BCUT2D eigenvalue weighted by Crippen LogP contribution is -2.29. The fourth-order valence-corrected chi connectivity index (χ4v) is 4.03. The second kappa shape index (κ2) is 6.58. The number of aromatic carboxylic acids is 1. The van der Waals surface area contributed by atoms with Crippen LogP contribution in [0.3, 0.4) is 0 Å². The topological polar surface area (TPSA) is 83.5 Å². The lowest BCUT2D eigenvalue weighted by molar-refractivity contribution is 0.0696. The number of rotatable bonds is 6. The van der Waals surface area contributed by atoms with Crippen LogP contribution in [0.1, 0.15) is 42.1 Å². The molecule has 1 fully saturated rings. The van der Waals surface area contributed by atoms with Crippen molar-refractivity contribution in [2.45, 2.75) is 31.9 Å². The van der Waals surface area contributed by atoms with Crippen LogP contribution in [0, 0.1) is 11.8 Å². The number of carboxylic acid groups (broad SMARTS) is 1. The van der Waals surface area contributed by atoms with Crippen molar-refractivity contribution < 1.29 is 18.3 Å². The van der Waals surface area contributed by atoms with Gasteiger partial charge in [-0.2, -0.15) is 0 Å². The predicted molar refractivity (Wildman–Crippen MR) is 80.5 cm³/mol. The summed E-state index contributed by atoms with van der Waals surface area (Å²) in [5.41, 5.74) is 0.592. The zero-order chi connectivity index (χ0) is 15.5. The molecule has 0 bridgehead atoms. The first-order chi connectivity index (χ1) is 9.85. The predicted octanol–water partition coefficient (Wildman–Crippen LogP) is 2.24. The van der Waals surface area contributed by atoms with Crippen molar-refractivity contribution in [2.75, 3.05) is 6.54 Å². The Labute approximate surface area is 125 Å². The van der Waals surface area contributed by atoms with Gasteiger partial charge in [-0.3, -0.25) is 0 Å². The zero-order valence-corrected chi connectivity index (χ0v) is 12.9. The first-order valence-electron chi connectivity index (χ1n) is 7.15. The van der Waals surface area contributed by atoms with E-state index in [9.17, 15) is 13.2 Å². The minimum absolute atomic E-state index is 0.104. The SMILES string of the molecule is CC1CCC(CNS(=O)(=O)Cc2cccc(C(=O)O)c2)C1. The van der Waals surface area contributed by atoms with Crippen molar-refractivity contribution in [3.05, 3.63) is 35.4 Å². The molecule has 6 heteroatoms. The average molecular weight is 311 g/mol. The van der Waals surface area contributed by atoms with Crippen LogP contribution in [0.4, 0.5) is 0 Å². The molecule has 1 aliphatic rings. The quantitative estimate of drug-likeness (QED) is 0.844. The monoisotopic (exact) mass is 311 g/mol. The maximum atomic E-state index is 12.1. The van der Waals surface area contributed by atoms with Gasteiger partial charge in [-0.15, -0.1) is 0 Å². The summed E-state index contributed by atoms with van der Waals surface area (Å²) in [6.45, 7) is 2.66. The number of carbonyl (C=O) groups is 1. The van der Waals surface area contributed by atoms with E-state index in [1.165, 1.54) is 12.1 Å². The van der Waals surface area contributed by atoms with E-state index < -0.39 is 16.0 Å². The first-order valence-corrected chi connectivity index (χ1v) is 8.80.